The van der Waals surface area contributed by atoms with Gasteiger partial charge in [0.05, 0.1) is 7.11 Å². The van der Waals surface area contributed by atoms with Gasteiger partial charge in [0.2, 0.25) is 0 Å². The SMILES string of the molecule is CCn1cc(C(=O)O)c(=O)cc1C=Cc1ccc(OC)cc1. The summed E-state index contributed by atoms with van der Waals surface area (Å²) in [6, 6.07) is 8.83. The van der Waals surface area contributed by atoms with Crippen LogP contribution >= 0.6 is 0 Å². The number of rotatable bonds is 5. The second-order valence-electron chi connectivity index (χ2n) is 4.67. The summed E-state index contributed by atoms with van der Waals surface area (Å²) in [5, 5.41) is 8.99. The second-order valence-corrected chi connectivity index (χ2v) is 4.67. The van der Waals surface area contributed by atoms with Gasteiger partial charge in [0.25, 0.3) is 0 Å². The normalized spacial score (nSPS) is 10.8. The first-order valence-electron chi connectivity index (χ1n) is 6.85. The largest absolute Gasteiger partial charge is 0.497 e. The van der Waals surface area contributed by atoms with Gasteiger partial charge < -0.3 is 14.4 Å². The maximum atomic E-state index is 11.8. The van der Waals surface area contributed by atoms with Crippen LogP contribution in [0.15, 0.2) is 41.3 Å². The minimum absolute atomic E-state index is 0.219. The van der Waals surface area contributed by atoms with E-state index in [1.165, 1.54) is 12.3 Å². The third-order valence-corrected chi connectivity index (χ3v) is 3.29. The van der Waals surface area contributed by atoms with Crippen molar-refractivity contribution in [1.29, 1.82) is 0 Å². The summed E-state index contributed by atoms with van der Waals surface area (Å²) in [5.41, 5.74) is 0.904. The Bertz CT molecular complexity index is 757. The number of hydrogen-bond donors (Lipinski definition) is 1. The van der Waals surface area contributed by atoms with E-state index >= 15 is 0 Å². The van der Waals surface area contributed by atoms with Crippen LogP contribution in [0.3, 0.4) is 0 Å². The highest BCUT2D eigenvalue weighted by Gasteiger charge is 2.10. The van der Waals surface area contributed by atoms with Gasteiger partial charge in [0, 0.05) is 24.5 Å². The molecule has 114 valence electrons. The molecule has 0 amide bonds. The van der Waals surface area contributed by atoms with Gasteiger partial charge in [0.15, 0.2) is 5.43 Å². The van der Waals surface area contributed by atoms with E-state index in [-0.39, 0.29) is 5.56 Å². The fourth-order valence-electron chi connectivity index (χ4n) is 2.06. The summed E-state index contributed by atoms with van der Waals surface area (Å²) in [6.45, 7) is 2.46. The third kappa shape index (κ3) is 3.44. The molecular weight excluding hydrogens is 282 g/mol. The van der Waals surface area contributed by atoms with E-state index in [2.05, 4.69) is 0 Å². The lowest BCUT2D eigenvalue weighted by Gasteiger charge is -2.09. The fourth-order valence-corrected chi connectivity index (χ4v) is 2.06. The maximum absolute atomic E-state index is 11.8. The first-order chi connectivity index (χ1) is 10.5. The predicted octanol–water partition coefficient (Wildman–Crippen LogP) is 2.75. The minimum atomic E-state index is -1.21. The number of ether oxygens (including phenoxy) is 1. The second kappa shape index (κ2) is 6.76. The van der Waals surface area contributed by atoms with Crippen molar-refractivity contribution in [3.8, 4) is 5.75 Å². The molecule has 0 radical (unpaired) electrons. The molecule has 1 aromatic heterocycles. The van der Waals surface area contributed by atoms with E-state index in [0.717, 1.165) is 11.3 Å². The summed E-state index contributed by atoms with van der Waals surface area (Å²) < 4.78 is 6.82. The number of aryl methyl sites for hydroxylation is 1. The predicted molar refractivity (Wildman–Crippen MR) is 85.3 cm³/mol. The first kappa shape index (κ1) is 15.6. The fraction of sp³-hybridized carbons (Fsp3) is 0.176. The lowest BCUT2D eigenvalue weighted by atomic mass is 10.1. The molecule has 2 aromatic rings. The Kier molecular flexibility index (Phi) is 4.78. The Morgan fingerprint density at radius 3 is 2.50 bits per heavy atom. The van der Waals surface area contributed by atoms with E-state index in [9.17, 15) is 9.59 Å². The smallest absolute Gasteiger partial charge is 0.341 e. The molecule has 5 heteroatoms. The van der Waals surface area contributed by atoms with Crippen molar-refractivity contribution in [3.05, 3.63) is 63.6 Å². The van der Waals surface area contributed by atoms with Crippen molar-refractivity contribution in [2.75, 3.05) is 7.11 Å². The minimum Gasteiger partial charge on any atom is -0.497 e. The molecule has 22 heavy (non-hydrogen) atoms. The van der Waals surface area contributed by atoms with E-state index in [1.807, 2.05) is 37.3 Å². The summed E-state index contributed by atoms with van der Waals surface area (Å²) >= 11 is 0. The Hall–Kier alpha value is -2.82. The molecular formula is C17H17NO4. The number of carboxylic acid groups (broad SMARTS) is 1. The van der Waals surface area contributed by atoms with Gasteiger partial charge in [-0.1, -0.05) is 18.2 Å². The molecule has 0 aliphatic rings. The summed E-state index contributed by atoms with van der Waals surface area (Å²) in [7, 11) is 1.61. The number of carbonyl (C=O) groups is 1. The van der Waals surface area contributed by atoms with Crippen LogP contribution in [0.5, 0.6) is 5.75 Å². The van der Waals surface area contributed by atoms with Crippen LogP contribution in [0.4, 0.5) is 0 Å². The number of nitrogens with zero attached hydrogens (tertiary/aromatic N) is 1. The van der Waals surface area contributed by atoms with E-state index in [0.29, 0.717) is 12.2 Å². The molecule has 1 heterocycles. The zero-order valence-electron chi connectivity index (χ0n) is 12.4. The molecule has 0 aliphatic carbocycles. The highest BCUT2D eigenvalue weighted by molar-refractivity contribution is 5.87. The Morgan fingerprint density at radius 1 is 1.27 bits per heavy atom. The zero-order chi connectivity index (χ0) is 16.1. The van der Waals surface area contributed by atoms with Crippen molar-refractivity contribution >= 4 is 18.1 Å². The first-order valence-corrected chi connectivity index (χ1v) is 6.85. The van der Waals surface area contributed by atoms with Crippen molar-refractivity contribution in [2.45, 2.75) is 13.5 Å². The summed E-state index contributed by atoms with van der Waals surface area (Å²) in [5.74, 6) is -0.439. The van der Waals surface area contributed by atoms with Crippen molar-refractivity contribution in [3.63, 3.8) is 0 Å². The van der Waals surface area contributed by atoms with E-state index < -0.39 is 11.4 Å². The molecule has 0 atom stereocenters. The molecule has 0 saturated heterocycles. The number of benzene rings is 1. The van der Waals surface area contributed by atoms with Gasteiger partial charge in [-0.3, -0.25) is 4.79 Å². The molecule has 1 aromatic carbocycles. The number of aromatic nitrogens is 1. The summed E-state index contributed by atoms with van der Waals surface area (Å²) in [6.07, 6.45) is 5.03. The van der Waals surface area contributed by atoms with Gasteiger partial charge in [-0.2, -0.15) is 0 Å². The highest BCUT2D eigenvalue weighted by atomic mass is 16.5. The van der Waals surface area contributed by atoms with Gasteiger partial charge >= 0.3 is 5.97 Å². The Labute approximate surface area is 128 Å². The highest BCUT2D eigenvalue weighted by Crippen LogP contribution is 2.14. The van der Waals surface area contributed by atoms with Gasteiger partial charge in [-0.05, 0) is 30.7 Å². The van der Waals surface area contributed by atoms with Crippen molar-refractivity contribution in [1.82, 2.24) is 4.57 Å². The molecule has 0 spiro atoms. The number of carboxylic acids is 1. The van der Waals surface area contributed by atoms with E-state index in [1.54, 1.807) is 17.8 Å². The number of methoxy groups -OCH3 is 1. The van der Waals surface area contributed by atoms with Crippen LogP contribution < -0.4 is 10.2 Å². The summed E-state index contributed by atoms with van der Waals surface area (Å²) in [4.78, 5) is 22.8. The lowest BCUT2D eigenvalue weighted by Crippen LogP contribution is -2.18. The molecule has 0 fully saturated rings. The average molecular weight is 299 g/mol. The Balaban J connectivity index is 2.35. The average Bonchev–Trinajstić information content (AvgIpc) is 2.53. The van der Waals surface area contributed by atoms with Crippen LogP contribution in [-0.2, 0) is 6.54 Å². The zero-order valence-corrected chi connectivity index (χ0v) is 12.4. The molecule has 0 saturated carbocycles. The van der Waals surface area contributed by atoms with E-state index in [4.69, 9.17) is 9.84 Å². The third-order valence-electron chi connectivity index (χ3n) is 3.29. The monoisotopic (exact) mass is 299 g/mol. The number of hydrogen-bond acceptors (Lipinski definition) is 3. The van der Waals surface area contributed by atoms with Crippen molar-refractivity contribution in [2.24, 2.45) is 0 Å². The topological polar surface area (TPSA) is 68.5 Å². The number of pyridine rings is 1. The van der Waals surface area contributed by atoms with Crippen LogP contribution in [0.2, 0.25) is 0 Å². The van der Waals surface area contributed by atoms with Crippen molar-refractivity contribution < 1.29 is 14.6 Å². The maximum Gasteiger partial charge on any atom is 0.341 e. The standard InChI is InChI=1S/C17H17NO4/c1-3-18-11-15(17(20)21)16(19)10-13(18)7-4-12-5-8-14(22-2)9-6-12/h4-11H,3H2,1-2H3,(H,20,21). The molecule has 0 unspecified atom stereocenters. The Morgan fingerprint density at radius 2 is 1.95 bits per heavy atom. The van der Waals surface area contributed by atoms with Crippen LogP contribution in [-0.4, -0.2) is 22.8 Å². The molecule has 2 rings (SSSR count). The van der Waals surface area contributed by atoms with Gasteiger partial charge in [-0.25, -0.2) is 4.79 Å². The lowest BCUT2D eigenvalue weighted by molar-refractivity contribution is 0.0694. The molecule has 0 aliphatic heterocycles. The molecule has 0 bridgehead atoms. The van der Waals surface area contributed by atoms with Gasteiger partial charge in [0.1, 0.15) is 11.3 Å². The van der Waals surface area contributed by atoms with Crippen LogP contribution in [0.25, 0.3) is 12.2 Å². The van der Waals surface area contributed by atoms with Crippen LogP contribution in [0.1, 0.15) is 28.5 Å². The quantitative estimate of drug-likeness (QED) is 0.921. The van der Waals surface area contributed by atoms with Gasteiger partial charge in [-0.15, -0.1) is 0 Å². The number of aromatic carboxylic acids is 1. The van der Waals surface area contributed by atoms with Crippen LogP contribution in [0, 0.1) is 0 Å². The molecule has 5 nitrogen and oxygen atoms in total. The molecule has 1 N–H and O–H groups in total.